The van der Waals surface area contributed by atoms with Crippen LogP contribution in [0, 0.1) is 0 Å². The quantitative estimate of drug-likeness (QED) is 0.621. The maximum atomic E-state index is 11.6. The first-order chi connectivity index (χ1) is 7.52. The lowest BCUT2D eigenvalue weighted by Crippen LogP contribution is -2.51. The Morgan fingerprint density at radius 3 is 2.44 bits per heavy atom. The zero-order valence-electron chi connectivity index (χ0n) is 10.9. The van der Waals surface area contributed by atoms with Gasteiger partial charge in [0.05, 0.1) is 6.61 Å². The molecule has 2 unspecified atom stereocenters. The third kappa shape index (κ3) is 4.94. The molecule has 0 aromatic carbocycles. The summed E-state index contributed by atoms with van der Waals surface area (Å²) in [5.41, 5.74) is -0.206. The summed E-state index contributed by atoms with van der Waals surface area (Å²) in [4.78, 5) is 11.6. The van der Waals surface area contributed by atoms with Crippen LogP contribution in [-0.4, -0.2) is 35.9 Å². The number of nitrogens with one attached hydrogen (secondary N) is 1. The zero-order chi connectivity index (χ0) is 12.6. The number of carbonyl (C=O) groups excluding carboxylic acids is 1. The van der Waals surface area contributed by atoms with Gasteiger partial charge in [-0.1, -0.05) is 13.8 Å². The van der Waals surface area contributed by atoms with E-state index in [2.05, 4.69) is 5.32 Å². The van der Waals surface area contributed by atoms with Crippen LogP contribution in [0.25, 0.3) is 0 Å². The fraction of sp³-hybridized carbons (Fsp3) is 0.917. The maximum absolute atomic E-state index is 11.6. The summed E-state index contributed by atoms with van der Waals surface area (Å²) in [7, 11) is 0. The van der Waals surface area contributed by atoms with Crippen molar-refractivity contribution in [2.24, 2.45) is 0 Å². The van der Waals surface area contributed by atoms with Crippen LogP contribution < -0.4 is 5.32 Å². The smallest absolute Gasteiger partial charge is 0.323 e. The lowest BCUT2D eigenvalue weighted by atomic mass is 9.93. The minimum atomic E-state index is -0.281. The maximum Gasteiger partial charge on any atom is 0.323 e. The van der Waals surface area contributed by atoms with Crippen LogP contribution in [0.3, 0.4) is 0 Å². The molecule has 4 nitrogen and oxygen atoms in total. The molecule has 0 spiro atoms. The molecule has 2 N–H and O–H groups in total. The van der Waals surface area contributed by atoms with Gasteiger partial charge in [0.2, 0.25) is 0 Å². The normalized spacial score (nSPS) is 16.6. The number of rotatable bonds is 8. The molecule has 0 aromatic rings. The van der Waals surface area contributed by atoms with Gasteiger partial charge in [0.1, 0.15) is 6.04 Å². The second-order valence-electron chi connectivity index (χ2n) is 4.25. The highest BCUT2D eigenvalue weighted by molar-refractivity contribution is 5.75. The van der Waals surface area contributed by atoms with E-state index in [1.54, 1.807) is 6.92 Å². The number of aliphatic hydroxyl groups is 1. The third-order valence-electron chi connectivity index (χ3n) is 2.95. The molecule has 0 fully saturated rings. The fourth-order valence-corrected chi connectivity index (χ4v) is 1.59. The van der Waals surface area contributed by atoms with E-state index in [-0.39, 0.29) is 24.2 Å². The monoisotopic (exact) mass is 231 g/mol. The summed E-state index contributed by atoms with van der Waals surface area (Å²) in [5.74, 6) is -0.206. The average molecular weight is 231 g/mol. The molecule has 2 atom stereocenters. The largest absolute Gasteiger partial charge is 0.465 e. The lowest BCUT2D eigenvalue weighted by Gasteiger charge is -2.32. The van der Waals surface area contributed by atoms with E-state index in [1.807, 2.05) is 20.8 Å². The van der Waals surface area contributed by atoms with E-state index < -0.39 is 0 Å². The van der Waals surface area contributed by atoms with Gasteiger partial charge in [-0.05, 0) is 33.1 Å². The zero-order valence-corrected chi connectivity index (χ0v) is 10.9. The highest BCUT2D eigenvalue weighted by atomic mass is 16.5. The standard InChI is InChI=1S/C12H25NO3/c1-5-10(11(15)16-7-3)13-12(4,6-2)8-9-14/h10,13-14H,5-9H2,1-4H3. The molecular weight excluding hydrogens is 206 g/mol. The summed E-state index contributed by atoms with van der Waals surface area (Å²) in [6.07, 6.45) is 2.20. The summed E-state index contributed by atoms with van der Waals surface area (Å²) < 4.78 is 5.00. The fourth-order valence-electron chi connectivity index (χ4n) is 1.59. The van der Waals surface area contributed by atoms with E-state index in [0.29, 0.717) is 19.4 Å². The predicted octanol–water partition coefficient (Wildman–Crippen LogP) is 1.47. The van der Waals surface area contributed by atoms with Crippen molar-refractivity contribution >= 4 is 5.97 Å². The van der Waals surface area contributed by atoms with Gasteiger partial charge in [0.15, 0.2) is 0 Å². The van der Waals surface area contributed by atoms with Crippen LogP contribution in [0.1, 0.15) is 47.0 Å². The molecule has 0 saturated carbocycles. The summed E-state index contributed by atoms with van der Waals surface area (Å²) in [5, 5.41) is 12.3. The van der Waals surface area contributed by atoms with Crippen molar-refractivity contribution in [3.8, 4) is 0 Å². The Balaban J connectivity index is 4.43. The molecule has 16 heavy (non-hydrogen) atoms. The van der Waals surface area contributed by atoms with Crippen LogP contribution >= 0.6 is 0 Å². The molecule has 96 valence electrons. The van der Waals surface area contributed by atoms with Gasteiger partial charge in [-0.15, -0.1) is 0 Å². The average Bonchev–Trinajstić information content (AvgIpc) is 2.26. The van der Waals surface area contributed by atoms with Crippen molar-refractivity contribution in [1.82, 2.24) is 5.32 Å². The number of hydrogen-bond donors (Lipinski definition) is 2. The van der Waals surface area contributed by atoms with Crippen molar-refractivity contribution in [2.75, 3.05) is 13.2 Å². The third-order valence-corrected chi connectivity index (χ3v) is 2.95. The highest BCUT2D eigenvalue weighted by Crippen LogP contribution is 2.16. The Bertz CT molecular complexity index is 208. The molecule has 0 rings (SSSR count). The van der Waals surface area contributed by atoms with Crippen LogP contribution in [0.15, 0.2) is 0 Å². The molecule has 0 heterocycles. The Morgan fingerprint density at radius 1 is 1.44 bits per heavy atom. The number of aliphatic hydroxyl groups excluding tert-OH is 1. The van der Waals surface area contributed by atoms with Crippen molar-refractivity contribution in [2.45, 2.75) is 58.5 Å². The first kappa shape index (κ1) is 15.4. The van der Waals surface area contributed by atoms with Gasteiger partial charge in [-0.2, -0.15) is 0 Å². The minimum Gasteiger partial charge on any atom is -0.465 e. The first-order valence-corrected chi connectivity index (χ1v) is 6.08. The van der Waals surface area contributed by atoms with Gasteiger partial charge >= 0.3 is 5.97 Å². The topological polar surface area (TPSA) is 58.6 Å². The molecule has 0 saturated heterocycles. The second kappa shape index (κ2) is 7.63. The molecule has 0 radical (unpaired) electrons. The number of carbonyl (C=O) groups is 1. The van der Waals surface area contributed by atoms with Crippen molar-refractivity contribution in [3.63, 3.8) is 0 Å². The van der Waals surface area contributed by atoms with E-state index >= 15 is 0 Å². The second-order valence-corrected chi connectivity index (χ2v) is 4.25. The van der Waals surface area contributed by atoms with Crippen molar-refractivity contribution in [1.29, 1.82) is 0 Å². The molecule has 0 bridgehead atoms. The van der Waals surface area contributed by atoms with Gasteiger partial charge in [-0.25, -0.2) is 0 Å². The summed E-state index contributed by atoms with van der Waals surface area (Å²) in [6.45, 7) is 8.34. The predicted molar refractivity (Wildman–Crippen MR) is 64.2 cm³/mol. The first-order valence-electron chi connectivity index (χ1n) is 6.08. The Morgan fingerprint density at radius 2 is 2.06 bits per heavy atom. The number of ether oxygens (including phenoxy) is 1. The van der Waals surface area contributed by atoms with Crippen LogP contribution in [0.5, 0.6) is 0 Å². The van der Waals surface area contributed by atoms with Crippen molar-refractivity contribution < 1.29 is 14.6 Å². The van der Waals surface area contributed by atoms with Crippen LogP contribution in [-0.2, 0) is 9.53 Å². The Kier molecular flexibility index (Phi) is 7.34. The van der Waals surface area contributed by atoms with Gasteiger partial charge in [-0.3, -0.25) is 10.1 Å². The molecule has 4 heteroatoms. The van der Waals surface area contributed by atoms with E-state index in [4.69, 9.17) is 9.84 Å². The van der Waals surface area contributed by atoms with Gasteiger partial charge in [0.25, 0.3) is 0 Å². The van der Waals surface area contributed by atoms with Crippen LogP contribution in [0.2, 0.25) is 0 Å². The molecule has 0 aliphatic carbocycles. The Hall–Kier alpha value is -0.610. The summed E-state index contributed by atoms with van der Waals surface area (Å²) >= 11 is 0. The highest BCUT2D eigenvalue weighted by Gasteiger charge is 2.28. The molecule has 0 amide bonds. The SMILES string of the molecule is CCOC(=O)C(CC)NC(C)(CC)CCO. The van der Waals surface area contributed by atoms with Crippen molar-refractivity contribution in [3.05, 3.63) is 0 Å². The molecule has 0 aliphatic rings. The molecule has 0 aliphatic heterocycles. The van der Waals surface area contributed by atoms with E-state index in [9.17, 15) is 4.79 Å². The minimum absolute atomic E-state index is 0.122. The number of hydrogen-bond acceptors (Lipinski definition) is 4. The summed E-state index contributed by atoms with van der Waals surface area (Å²) in [6, 6.07) is -0.281. The van der Waals surface area contributed by atoms with E-state index in [0.717, 1.165) is 6.42 Å². The van der Waals surface area contributed by atoms with Gasteiger partial charge < -0.3 is 9.84 Å². The lowest BCUT2D eigenvalue weighted by molar-refractivity contribution is -0.146. The van der Waals surface area contributed by atoms with Crippen LogP contribution in [0.4, 0.5) is 0 Å². The van der Waals surface area contributed by atoms with Gasteiger partial charge in [0, 0.05) is 12.1 Å². The molecular formula is C12H25NO3. The van der Waals surface area contributed by atoms with E-state index in [1.165, 1.54) is 0 Å². The number of esters is 1. The molecule has 0 aromatic heterocycles. The Labute approximate surface area is 98.4 Å².